The van der Waals surface area contributed by atoms with E-state index in [0.29, 0.717) is 12.0 Å². The molecule has 1 saturated heterocycles. The van der Waals surface area contributed by atoms with Gasteiger partial charge in [-0.1, -0.05) is 13.8 Å². The molecule has 2 rings (SSSR count). The molecule has 0 spiro atoms. The molecule has 1 unspecified atom stereocenters. The van der Waals surface area contributed by atoms with Crippen molar-refractivity contribution in [3.63, 3.8) is 0 Å². The smallest absolute Gasteiger partial charge is 0.239 e. The Balaban J connectivity index is 1.77. The minimum atomic E-state index is -0.423. The number of carbonyl (C=O) groups is 2. The Hall–Kier alpha value is -1.10. The number of hydrogen-bond donors (Lipinski definition) is 3. The highest BCUT2D eigenvalue weighted by molar-refractivity contribution is 5.87. The van der Waals surface area contributed by atoms with Gasteiger partial charge in [0.2, 0.25) is 11.8 Å². The summed E-state index contributed by atoms with van der Waals surface area (Å²) in [6, 6.07) is 0.347. The summed E-state index contributed by atoms with van der Waals surface area (Å²) < 4.78 is 0. The van der Waals surface area contributed by atoms with Crippen LogP contribution in [0.15, 0.2) is 0 Å². The minimum absolute atomic E-state index is 0.0212. The molecule has 2 aliphatic rings. The maximum absolute atomic E-state index is 12.3. The predicted octanol–water partition coefficient (Wildman–Crippen LogP) is 0.407. The van der Waals surface area contributed by atoms with E-state index in [2.05, 4.69) is 16.0 Å². The summed E-state index contributed by atoms with van der Waals surface area (Å²) in [5.41, 5.74) is -0.423. The Labute approximate surface area is 114 Å². The lowest BCUT2D eigenvalue weighted by Gasteiger charge is -2.35. The highest BCUT2D eigenvalue weighted by Crippen LogP contribution is 2.31. The molecule has 1 saturated carbocycles. The molecule has 0 radical (unpaired) electrons. The van der Waals surface area contributed by atoms with Gasteiger partial charge >= 0.3 is 0 Å². The Bertz CT molecular complexity index is 345. The summed E-state index contributed by atoms with van der Waals surface area (Å²) in [5.74, 6) is 0.244. The molecule has 0 aromatic carbocycles. The summed E-state index contributed by atoms with van der Waals surface area (Å²) >= 11 is 0. The molecule has 3 N–H and O–H groups in total. The second-order valence-electron chi connectivity index (χ2n) is 6.29. The van der Waals surface area contributed by atoms with Gasteiger partial charge in [0.05, 0.1) is 6.54 Å². The van der Waals surface area contributed by atoms with Crippen molar-refractivity contribution in [3.8, 4) is 0 Å². The number of amides is 2. The summed E-state index contributed by atoms with van der Waals surface area (Å²) in [6.07, 6.45) is 4.32. The minimum Gasteiger partial charge on any atom is -0.352 e. The van der Waals surface area contributed by atoms with Crippen molar-refractivity contribution in [1.29, 1.82) is 0 Å². The zero-order chi connectivity index (χ0) is 13.9. The molecule has 5 nitrogen and oxygen atoms in total. The van der Waals surface area contributed by atoms with Gasteiger partial charge in [-0.25, -0.2) is 0 Å². The Morgan fingerprint density at radius 1 is 1.26 bits per heavy atom. The number of nitrogens with one attached hydrogen (secondary N) is 3. The topological polar surface area (TPSA) is 70.2 Å². The Morgan fingerprint density at radius 2 is 2.00 bits per heavy atom. The van der Waals surface area contributed by atoms with Crippen LogP contribution in [0, 0.1) is 11.3 Å². The number of carbonyl (C=O) groups excluding carboxylic acids is 2. The van der Waals surface area contributed by atoms with Crippen molar-refractivity contribution < 1.29 is 9.59 Å². The first kappa shape index (κ1) is 14.3. The number of rotatable bonds is 5. The van der Waals surface area contributed by atoms with Crippen LogP contribution >= 0.6 is 0 Å². The van der Waals surface area contributed by atoms with E-state index in [0.717, 1.165) is 38.8 Å². The van der Waals surface area contributed by atoms with Gasteiger partial charge in [0.25, 0.3) is 0 Å². The molecule has 0 aromatic rings. The summed E-state index contributed by atoms with van der Waals surface area (Å²) in [4.78, 5) is 23.8. The monoisotopic (exact) mass is 267 g/mol. The average Bonchev–Trinajstić information content (AvgIpc) is 3.20. The summed E-state index contributed by atoms with van der Waals surface area (Å²) in [5, 5.41) is 8.98. The zero-order valence-corrected chi connectivity index (χ0v) is 11.9. The van der Waals surface area contributed by atoms with E-state index in [4.69, 9.17) is 0 Å². The lowest BCUT2D eigenvalue weighted by atomic mass is 9.74. The van der Waals surface area contributed by atoms with Gasteiger partial charge in [0, 0.05) is 11.5 Å². The van der Waals surface area contributed by atoms with Crippen LogP contribution in [0.4, 0.5) is 0 Å². The SMILES string of the molecule is CC(C)(C(=O)NCC(=O)NC1CC1)C1CCCNC1. The first-order valence-electron chi connectivity index (χ1n) is 7.28. The second kappa shape index (κ2) is 5.90. The normalized spacial score (nSPS) is 23.8. The van der Waals surface area contributed by atoms with Crippen LogP contribution < -0.4 is 16.0 Å². The molecule has 19 heavy (non-hydrogen) atoms. The van der Waals surface area contributed by atoms with E-state index in [1.54, 1.807) is 0 Å². The molecule has 1 aliphatic carbocycles. The zero-order valence-electron chi connectivity index (χ0n) is 11.9. The highest BCUT2D eigenvalue weighted by Gasteiger charge is 2.37. The van der Waals surface area contributed by atoms with E-state index in [1.165, 1.54) is 0 Å². The van der Waals surface area contributed by atoms with E-state index < -0.39 is 5.41 Å². The fraction of sp³-hybridized carbons (Fsp3) is 0.857. The average molecular weight is 267 g/mol. The molecule has 0 aromatic heterocycles. The molecule has 2 fully saturated rings. The van der Waals surface area contributed by atoms with Crippen LogP contribution in [0.25, 0.3) is 0 Å². The summed E-state index contributed by atoms with van der Waals surface area (Å²) in [6.45, 7) is 5.96. The van der Waals surface area contributed by atoms with Gasteiger partial charge in [0.15, 0.2) is 0 Å². The Kier molecular flexibility index (Phi) is 4.45. The van der Waals surface area contributed by atoms with Crippen molar-refractivity contribution in [1.82, 2.24) is 16.0 Å². The van der Waals surface area contributed by atoms with Crippen LogP contribution in [0.5, 0.6) is 0 Å². The molecule has 5 heteroatoms. The fourth-order valence-electron chi connectivity index (χ4n) is 2.55. The van der Waals surface area contributed by atoms with Crippen LogP contribution in [-0.4, -0.2) is 37.5 Å². The molecule has 1 atom stereocenters. The third kappa shape index (κ3) is 3.93. The largest absolute Gasteiger partial charge is 0.352 e. The molecule has 1 heterocycles. The van der Waals surface area contributed by atoms with Crippen LogP contribution in [0.3, 0.4) is 0 Å². The van der Waals surface area contributed by atoms with Crippen molar-refractivity contribution in [2.45, 2.75) is 45.6 Å². The van der Waals surface area contributed by atoms with E-state index in [-0.39, 0.29) is 18.4 Å². The van der Waals surface area contributed by atoms with Crippen molar-refractivity contribution in [3.05, 3.63) is 0 Å². The van der Waals surface area contributed by atoms with Crippen molar-refractivity contribution in [2.24, 2.45) is 11.3 Å². The number of piperidine rings is 1. The van der Waals surface area contributed by atoms with E-state index >= 15 is 0 Å². The van der Waals surface area contributed by atoms with Gasteiger partial charge in [0.1, 0.15) is 0 Å². The van der Waals surface area contributed by atoms with Gasteiger partial charge < -0.3 is 16.0 Å². The molecular formula is C14H25N3O2. The van der Waals surface area contributed by atoms with Crippen molar-refractivity contribution in [2.75, 3.05) is 19.6 Å². The quantitative estimate of drug-likeness (QED) is 0.675. The van der Waals surface area contributed by atoms with Crippen LogP contribution in [0.2, 0.25) is 0 Å². The summed E-state index contributed by atoms with van der Waals surface area (Å²) in [7, 11) is 0. The predicted molar refractivity (Wildman–Crippen MR) is 73.5 cm³/mol. The van der Waals surface area contributed by atoms with Crippen LogP contribution in [-0.2, 0) is 9.59 Å². The first-order chi connectivity index (χ1) is 9.00. The van der Waals surface area contributed by atoms with E-state index in [1.807, 2.05) is 13.8 Å². The highest BCUT2D eigenvalue weighted by atomic mass is 16.2. The Morgan fingerprint density at radius 3 is 2.58 bits per heavy atom. The maximum Gasteiger partial charge on any atom is 0.239 e. The molecule has 0 bridgehead atoms. The maximum atomic E-state index is 12.3. The van der Waals surface area contributed by atoms with Gasteiger partial charge in [-0.05, 0) is 44.7 Å². The van der Waals surface area contributed by atoms with Gasteiger partial charge in [-0.3, -0.25) is 9.59 Å². The van der Waals surface area contributed by atoms with Crippen LogP contribution in [0.1, 0.15) is 39.5 Å². The first-order valence-corrected chi connectivity index (χ1v) is 7.28. The van der Waals surface area contributed by atoms with Gasteiger partial charge in [-0.2, -0.15) is 0 Å². The molecule has 2 amide bonds. The lowest BCUT2D eigenvalue weighted by molar-refractivity contribution is -0.134. The molecule has 1 aliphatic heterocycles. The number of hydrogen-bond acceptors (Lipinski definition) is 3. The standard InChI is InChI=1S/C14H25N3O2/c1-14(2,10-4-3-7-15-8-10)13(19)16-9-12(18)17-11-5-6-11/h10-11,15H,3-9H2,1-2H3,(H,16,19)(H,17,18). The third-order valence-corrected chi connectivity index (χ3v) is 4.25. The van der Waals surface area contributed by atoms with E-state index in [9.17, 15) is 9.59 Å². The third-order valence-electron chi connectivity index (χ3n) is 4.25. The molecule has 108 valence electrons. The lowest BCUT2D eigenvalue weighted by Crippen LogP contribution is -2.49. The van der Waals surface area contributed by atoms with Crippen molar-refractivity contribution >= 4 is 11.8 Å². The second-order valence-corrected chi connectivity index (χ2v) is 6.29. The molecular weight excluding hydrogens is 242 g/mol. The fourth-order valence-corrected chi connectivity index (χ4v) is 2.55. The van der Waals surface area contributed by atoms with Gasteiger partial charge in [-0.15, -0.1) is 0 Å².